The molecule has 0 aliphatic carbocycles. The van der Waals surface area contributed by atoms with E-state index >= 15 is 0 Å². The number of nitro benzene ring substituents is 1. The monoisotopic (exact) mass is 539 g/mol. The highest BCUT2D eigenvalue weighted by atomic mass is 16.6. The predicted molar refractivity (Wildman–Crippen MR) is 153 cm³/mol. The molecule has 1 N–H and O–H groups in total. The summed E-state index contributed by atoms with van der Waals surface area (Å²) in [4.78, 5) is 30.6. The summed E-state index contributed by atoms with van der Waals surface area (Å²) in [5.74, 6) is 1.64. The van der Waals surface area contributed by atoms with Crippen molar-refractivity contribution in [2.24, 2.45) is 5.92 Å². The quantitative estimate of drug-likeness (QED) is 0.334. The molecule has 0 saturated carbocycles. The zero-order valence-corrected chi connectivity index (χ0v) is 23.3. The molecule has 2 aliphatic rings. The van der Waals surface area contributed by atoms with E-state index in [2.05, 4.69) is 27.2 Å². The van der Waals surface area contributed by atoms with Gasteiger partial charge in [0.05, 0.1) is 18.6 Å². The van der Waals surface area contributed by atoms with Gasteiger partial charge in [-0.15, -0.1) is 0 Å². The SMILES string of the molecule is COc1ccc(N2CCN(CCC(=O)N3CCC(Nc4ccc([N+](=O)[O-])c(OCC(C)C)c4)CC3)CC2)cc1. The topological polar surface area (TPSA) is 100 Å². The molecule has 0 bridgehead atoms. The maximum absolute atomic E-state index is 12.9. The molecule has 0 spiro atoms. The molecular weight excluding hydrogens is 498 g/mol. The van der Waals surface area contributed by atoms with Crippen molar-refractivity contribution in [3.8, 4) is 11.5 Å². The van der Waals surface area contributed by atoms with Crippen molar-refractivity contribution in [1.29, 1.82) is 0 Å². The van der Waals surface area contributed by atoms with Crippen molar-refractivity contribution < 1.29 is 19.2 Å². The van der Waals surface area contributed by atoms with Crippen LogP contribution >= 0.6 is 0 Å². The summed E-state index contributed by atoms with van der Waals surface area (Å²) in [7, 11) is 1.68. The Morgan fingerprint density at radius 2 is 1.74 bits per heavy atom. The van der Waals surface area contributed by atoms with Crippen LogP contribution in [0.5, 0.6) is 11.5 Å². The van der Waals surface area contributed by atoms with Crippen LogP contribution in [0.1, 0.15) is 33.1 Å². The second-order valence-electron chi connectivity index (χ2n) is 10.7. The van der Waals surface area contributed by atoms with E-state index in [0.717, 1.165) is 57.0 Å². The smallest absolute Gasteiger partial charge is 0.311 e. The van der Waals surface area contributed by atoms with Crippen molar-refractivity contribution >= 4 is 23.0 Å². The largest absolute Gasteiger partial charge is 0.497 e. The van der Waals surface area contributed by atoms with E-state index in [1.807, 2.05) is 30.9 Å². The van der Waals surface area contributed by atoms with Crippen molar-refractivity contribution in [3.05, 3.63) is 52.6 Å². The van der Waals surface area contributed by atoms with Gasteiger partial charge in [-0.1, -0.05) is 13.8 Å². The van der Waals surface area contributed by atoms with Crippen LogP contribution < -0.4 is 19.7 Å². The first-order chi connectivity index (χ1) is 18.8. The van der Waals surface area contributed by atoms with Crippen molar-refractivity contribution in [3.63, 3.8) is 0 Å². The van der Waals surface area contributed by atoms with Crippen LogP contribution in [0.2, 0.25) is 0 Å². The number of nitrogens with one attached hydrogen (secondary N) is 1. The number of rotatable bonds is 11. The molecule has 1 amide bonds. The van der Waals surface area contributed by atoms with Gasteiger partial charge in [0.25, 0.3) is 0 Å². The molecule has 2 saturated heterocycles. The van der Waals surface area contributed by atoms with Gasteiger partial charge in [0, 0.05) is 81.8 Å². The number of amides is 1. The molecule has 0 atom stereocenters. The van der Waals surface area contributed by atoms with Crippen LogP contribution in [0.15, 0.2) is 42.5 Å². The zero-order chi connectivity index (χ0) is 27.8. The lowest BCUT2D eigenvalue weighted by atomic mass is 10.0. The number of hydrogen-bond acceptors (Lipinski definition) is 8. The zero-order valence-electron chi connectivity index (χ0n) is 23.3. The van der Waals surface area contributed by atoms with Crippen molar-refractivity contribution in [1.82, 2.24) is 9.80 Å². The fourth-order valence-electron chi connectivity index (χ4n) is 5.07. The van der Waals surface area contributed by atoms with E-state index in [-0.39, 0.29) is 29.3 Å². The first-order valence-corrected chi connectivity index (χ1v) is 13.9. The summed E-state index contributed by atoms with van der Waals surface area (Å²) in [5, 5.41) is 14.9. The number of carbonyl (C=O) groups excluding carboxylic acids is 1. The highest BCUT2D eigenvalue weighted by molar-refractivity contribution is 5.76. The lowest BCUT2D eigenvalue weighted by molar-refractivity contribution is -0.385. The molecule has 10 heteroatoms. The van der Waals surface area contributed by atoms with E-state index in [9.17, 15) is 14.9 Å². The molecule has 10 nitrogen and oxygen atoms in total. The molecule has 2 aromatic rings. The second kappa shape index (κ2) is 13.5. The highest BCUT2D eigenvalue weighted by Crippen LogP contribution is 2.31. The third-order valence-electron chi connectivity index (χ3n) is 7.40. The fraction of sp³-hybridized carbons (Fsp3) is 0.552. The van der Waals surface area contributed by atoms with Crippen LogP contribution in [0.4, 0.5) is 17.1 Å². The number of hydrogen-bond donors (Lipinski definition) is 1. The molecule has 4 rings (SSSR count). The van der Waals surface area contributed by atoms with Crippen molar-refractivity contribution in [2.45, 2.75) is 39.2 Å². The van der Waals surface area contributed by atoms with Gasteiger partial charge < -0.3 is 24.6 Å². The first-order valence-electron chi connectivity index (χ1n) is 13.9. The summed E-state index contributed by atoms with van der Waals surface area (Å²) in [6, 6.07) is 13.3. The number of anilines is 2. The van der Waals surface area contributed by atoms with Gasteiger partial charge in [-0.25, -0.2) is 0 Å². The number of methoxy groups -OCH3 is 1. The molecule has 0 radical (unpaired) electrons. The van der Waals surface area contributed by atoms with Gasteiger partial charge in [-0.05, 0) is 49.1 Å². The standard InChI is InChI=1S/C29H41N5O5/c1-22(2)21-39-28-20-24(4-9-27(28)34(36)37)30-23-10-14-33(15-11-23)29(35)12-13-31-16-18-32(19-17-31)25-5-7-26(38-3)8-6-25/h4-9,20,22-23,30H,10-19,21H2,1-3H3. The molecule has 2 aromatic carbocycles. The molecule has 212 valence electrons. The van der Waals surface area contributed by atoms with E-state index in [1.165, 1.54) is 11.8 Å². The number of piperidine rings is 1. The van der Waals surface area contributed by atoms with Crippen LogP contribution in [0, 0.1) is 16.0 Å². The minimum atomic E-state index is -0.412. The Kier molecular flexibility index (Phi) is 9.86. The summed E-state index contributed by atoms with van der Waals surface area (Å²) < 4.78 is 11.0. The fourth-order valence-corrected chi connectivity index (χ4v) is 5.07. The number of nitrogens with zero attached hydrogens (tertiary/aromatic N) is 4. The number of ether oxygens (including phenoxy) is 2. The third kappa shape index (κ3) is 7.98. The summed E-state index contributed by atoms with van der Waals surface area (Å²) >= 11 is 0. The molecule has 0 unspecified atom stereocenters. The average Bonchev–Trinajstić information content (AvgIpc) is 2.95. The summed E-state index contributed by atoms with van der Waals surface area (Å²) in [5.41, 5.74) is 1.98. The Morgan fingerprint density at radius 3 is 2.36 bits per heavy atom. The number of nitro groups is 1. The number of piperazine rings is 1. The van der Waals surface area contributed by atoms with E-state index < -0.39 is 4.92 Å². The maximum Gasteiger partial charge on any atom is 0.311 e. The van der Waals surface area contributed by atoms with Gasteiger partial charge in [0.1, 0.15) is 5.75 Å². The number of benzene rings is 2. The lowest BCUT2D eigenvalue weighted by Gasteiger charge is -2.37. The van der Waals surface area contributed by atoms with Crippen LogP contribution in [-0.2, 0) is 4.79 Å². The Labute approximate surface area is 231 Å². The summed E-state index contributed by atoms with van der Waals surface area (Å²) in [6.45, 7) is 10.4. The van der Waals surface area contributed by atoms with E-state index in [4.69, 9.17) is 9.47 Å². The maximum atomic E-state index is 12.9. The second-order valence-corrected chi connectivity index (χ2v) is 10.7. The Morgan fingerprint density at radius 1 is 1.05 bits per heavy atom. The highest BCUT2D eigenvalue weighted by Gasteiger charge is 2.25. The first kappa shape index (κ1) is 28.5. The van der Waals surface area contributed by atoms with Gasteiger partial charge in [-0.2, -0.15) is 0 Å². The molecule has 0 aromatic heterocycles. The van der Waals surface area contributed by atoms with Gasteiger partial charge in [0.15, 0.2) is 5.75 Å². The minimum Gasteiger partial charge on any atom is -0.497 e. The van der Waals surface area contributed by atoms with E-state index in [1.54, 1.807) is 19.2 Å². The van der Waals surface area contributed by atoms with Crippen LogP contribution in [0.3, 0.4) is 0 Å². The predicted octanol–water partition coefficient (Wildman–Crippen LogP) is 4.25. The Hall–Kier alpha value is -3.53. The molecule has 2 aliphatic heterocycles. The molecular formula is C29H41N5O5. The normalized spacial score (nSPS) is 16.8. The van der Waals surface area contributed by atoms with Gasteiger partial charge in [-0.3, -0.25) is 19.8 Å². The molecule has 2 heterocycles. The van der Waals surface area contributed by atoms with Crippen LogP contribution in [0.25, 0.3) is 0 Å². The Bertz CT molecular complexity index is 1090. The number of likely N-dealkylation sites (tertiary alicyclic amines) is 1. The van der Waals surface area contributed by atoms with Crippen molar-refractivity contribution in [2.75, 3.05) is 69.7 Å². The van der Waals surface area contributed by atoms with Gasteiger partial charge in [0.2, 0.25) is 5.91 Å². The average molecular weight is 540 g/mol. The van der Waals surface area contributed by atoms with E-state index in [0.29, 0.717) is 26.1 Å². The Balaban J connectivity index is 1.18. The molecule has 2 fully saturated rings. The summed E-state index contributed by atoms with van der Waals surface area (Å²) in [6.07, 6.45) is 2.22. The lowest BCUT2D eigenvalue weighted by Crippen LogP contribution is -2.48. The third-order valence-corrected chi connectivity index (χ3v) is 7.40. The minimum absolute atomic E-state index is 0.0243. The van der Waals surface area contributed by atoms with Crippen LogP contribution in [-0.4, -0.2) is 86.2 Å². The van der Waals surface area contributed by atoms with Gasteiger partial charge >= 0.3 is 5.69 Å². The number of carbonyl (C=O) groups is 1. The molecule has 39 heavy (non-hydrogen) atoms.